The monoisotopic (exact) mass is 221 g/mol. The summed E-state index contributed by atoms with van der Waals surface area (Å²) >= 11 is 0. The van der Waals surface area contributed by atoms with Gasteiger partial charge in [-0.3, -0.25) is 9.78 Å². The molecule has 0 bridgehead atoms. The number of ether oxygens (including phenoxy) is 1. The molecular formula is C11H15N3O2. The molecule has 1 aromatic rings. The Hall–Kier alpha value is -1.62. The quantitative estimate of drug-likeness (QED) is 0.778. The van der Waals surface area contributed by atoms with Crippen molar-refractivity contribution in [2.75, 3.05) is 20.2 Å². The summed E-state index contributed by atoms with van der Waals surface area (Å²) in [5.41, 5.74) is 6.14. The van der Waals surface area contributed by atoms with Crippen LogP contribution in [0.15, 0.2) is 18.5 Å². The topological polar surface area (TPSA) is 68.5 Å². The van der Waals surface area contributed by atoms with Gasteiger partial charge in [0.25, 0.3) is 5.91 Å². The van der Waals surface area contributed by atoms with E-state index >= 15 is 0 Å². The standard InChI is InChI=1S/C11H15N3O2/c1-11(12)6-14(7-11)10(15)8-3-4-13-5-9(8)16-2/h3-5H,6-7,12H2,1-2H3. The van der Waals surface area contributed by atoms with Crippen LogP contribution in [0.3, 0.4) is 0 Å². The molecule has 0 spiro atoms. The van der Waals surface area contributed by atoms with Gasteiger partial charge in [0, 0.05) is 24.8 Å². The molecule has 1 aromatic heterocycles. The van der Waals surface area contributed by atoms with E-state index in [1.54, 1.807) is 17.2 Å². The molecule has 1 amide bonds. The van der Waals surface area contributed by atoms with Crippen LogP contribution < -0.4 is 10.5 Å². The first-order valence-electron chi connectivity index (χ1n) is 5.10. The van der Waals surface area contributed by atoms with Crippen LogP contribution in [0.5, 0.6) is 5.75 Å². The van der Waals surface area contributed by atoms with Gasteiger partial charge in [0.05, 0.1) is 18.9 Å². The van der Waals surface area contributed by atoms with E-state index in [4.69, 9.17) is 10.5 Å². The molecule has 5 nitrogen and oxygen atoms in total. The Morgan fingerprint density at radius 2 is 2.31 bits per heavy atom. The lowest BCUT2D eigenvalue weighted by Gasteiger charge is -2.45. The highest BCUT2D eigenvalue weighted by Gasteiger charge is 2.38. The SMILES string of the molecule is COc1cnccc1C(=O)N1CC(C)(N)C1. The third-order valence-electron chi connectivity index (χ3n) is 2.63. The molecule has 2 N–H and O–H groups in total. The molecule has 1 saturated heterocycles. The van der Waals surface area contributed by atoms with E-state index in [0.717, 1.165) is 0 Å². The Morgan fingerprint density at radius 1 is 1.62 bits per heavy atom. The zero-order valence-electron chi connectivity index (χ0n) is 9.43. The smallest absolute Gasteiger partial charge is 0.257 e. The molecule has 1 fully saturated rings. The number of hydrogen-bond acceptors (Lipinski definition) is 4. The van der Waals surface area contributed by atoms with Crippen molar-refractivity contribution in [3.05, 3.63) is 24.0 Å². The number of aromatic nitrogens is 1. The maximum atomic E-state index is 12.1. The van der Waals surface area contributed by atoms with Gasteiger partial charge in [-0.25, -0.2) is 0 Å². The highest BCUT2D eigenvalue weighted by Crippen LogP contribution is 2.24. The Balaban J connectivity index is 2.16. The summed E-state index contributed by atoms with van der Waals surface area (Å²) in [6, 6.07) is 1.66. The van der Waals surface area contributed by atoms with Crippen molar-refractivity contribution in [3.63, 3.8) is 0 Å². The highest BCUT2D eigenvalue weighted by atomic mass is 16.5. The van der Waals surface area contributed by atoms with Crippen molar-refractivity contribution >= 4 is 5.91 Å². The summed E-state index contributed by atoms with van der Waals surface area (Å²) in [6.07, 6.45) is 3.12. The van der Waals surface area contributed by atoms with Crippen molar-refractivity contribution in [1.29, 1.82) is 0 Å². The third-order valence-corrected chi connectivity index (χ3v) is 2.63. The summed E-state index contributed by atoms with van der Waals surface area (Å²) in [7, 11) is 1.52. The average Bonchev–Trinajstić information content (AvgIpc) is 2.24. The van der Waals surface area contributed by atoms with Crippen LogP contribution in [0.4, 0.5) is 0 Å². The van der Waals surface area contributed by atoms with E-state index in [-0.39, 0.29) is 11.4 Å². The van der Waals surface area contributed by atoms with Crippen LogP contribution in [0.25, 0.3) is 0 Å². The van der Waals surface area contributed by atoms with Gasteiger partial charge in [0.1, 0.15) is 5.75 Å². The van der Waals surface area contributed by atoms with E-state index in [0.29, 0.717) is 24.4 Å². The number of nitrogens with zero attached hydrogens (tertiary/aromatic N) is 2. The van der Waals surface area contributed by atoms with E-state index in [2.05, 4.69) is 4.98 Å². The Morgan fingerprint density at radius 3 is 2.88 bits per heavy atom. The predicted molar refractivity (Wildman–Crippen MR) is 59.3 cm³/mol. The zero-order chi connectivity index (χ0) is 11.8. The Bertz CT molecular complexity index is 409. The van der Waals surface area contributed by atoms with Crippen LogP contribution in [-0.2, 0) is 0 Å². The highest BCUT2D eigenvalue weighted by molar-refractivity contribution is 5.97. The van der Waals surface area contributed by atoms with Gasteiger partial charge in [0.15, 0.2) is 0 Å². The van der Waals surface area contributed by atoms with Crippen molar-refractivity contribution in [2.45, 2.75) is 12.5 Å². The van der Waals surface area contributed by atoms with Gasteiger partial charge in [-0.2, -0.15) is 0 Å². The Labute approximate surface area is 94.2 Å². The second kappa shape index (κ2) is 3.75. The lowest BCUT2D eigenvalue weighted by atomic mass is 9.93. The molecule has 2 heterocycles. The first kappa shape index (κ1) is 10.9. The van der Waals surface area contributed by atoms with Crippen molar-refractivity contribution in [2.24, 2.45) is 5.73 Å². The van der Waals surface area contributed by atoms with Crippen LogP contribution in [-0.4, -0.2) is 41.5 Å². The number of methoxy groups -OCH3 is 1. The van der Waals surface area contributed by atoms with Gasteiger partial charge >= 0.3 is 0 Å². The van der Waals surface area contributed by atoms with Crippen molar-refractivity contribution < 1.29 is 9.53 Å². The Kier molecular flexibility index (Phi) is 2.55. The fraction of sp³-hybridized carbons (Fsp3) is 0.455. The number of carbonyl (C=O) groups is 1. The summed E-state index contributed by atoms with van der Waals surface area (Å²) in [5, 5.41) is 0. The third kappa shape index (κ3) is 1.86. The second-order valence-corrected chi connectivity index (χ2v) is 4.39. The molecule has 0 radical (unpaired) electrons. The van der Waals surface area contributed by atoms with Crippen LogP contribution in [0, 0.1) is 0 Å². The predicted octanol–water partition coefficient (Wildman–Crippen LogP) is 0.263. The molecule has 86 valence electrons. The van der Waals surface area contributed by atoms with E-state index < -0.39 is 0 Å². The molecule has 1 aliphatic heterocycles. The molecule has 5 heteroatoms. The summed E-state index contributed by atoms with van der Waals surface area (Å²) < 4.78 is 5.10. The molecular weight excluding hydrogens is 206 g/mol. The lowest BCUT2D eigenvalue weighted by molar-refractivity contribution is 0.0450. The molecule has 0 aliphatic carbocycles. The normalized spacial score (nSPS) is 17.8. The van der Waals surface area contributed by atoms with Gasteiger partial charge in [-0.1, -0.05) is 0 Å². The van der Waals surface area contributed by atoms with E-state index in [9.17, 15) is 4.79 Å². The van der Waals surface area contributed by atoms with Gasteiger partial charge in [-0.05, 0) is 13.0 Å². The number of nitrogens with two attached hydrogens (primary N) is 1. The lowest BCUT2D eigenvalue weighted by Crippen LogP contribution is -2.66. The first-order valence-corrected chi connectivity index (χ1v) is 5.10. The van der Waals surface area contributed by atoms with Gasteiger partial charge in [0.2, 0.25) is 0 Å². The largest absolute Gasteiger partial charge is 0.494 e. The van der Waals surface area contributed by atoms with Gasteiger partial charge < -0.3 is 15.4 Å². The number of hydrogen-bond donors (Lipinski definition) is 1. The maximum Gasteiger partial charge on any atom is 0.257 e. The molecule has 0 unspecified atom stereocenters. The van der Waals surface area contributed by atoms with Crippen molar-refractivity contribution in [3.8, 4) is 5.75 Å². The van der Waals surface area contributed by atoms with E-state index in [1.165, 1.54) is 13.3 Å². The van der Waals surface area contributed by atoms with Gasteiger partial charge in [-0.15, -0.1) is 0 Å². The van der Waals surface area contributed by atoms with Crippen molar-refractivity contribution in [1.82, 2.24) is 9.88 Å². The molecule has 0 aromatic carbocycles. The fourth-order valence-electron chi connectivity index (χ4n) is 1.86. The summed E-state index contributed by atoms with van der Waals surface area (Å²) in [5.74, 6) is 0.445. The summed E-state index contributed by atoms with van der Waals surface area (Å²) in [6.45, 7) is 3.09. The molecule has 2 rings (SSSR count). The molecule has 0 atom stereocenters. The fourth-order valence-corrected chi connectivity index (χ4v) is 1.86. The number of likely N-dealkylation sites (tertiary alicyclic amines) is 1. The number of amides is 1. The number of pyridine rings is 1. The summed E-state index contributed by atoms with van der Waals surface area (Å²) in [4.78, 5) is 17.7. The minimum atomic E-state index is -0.254. The minimum Gasteiger partial charge on any atom is -0.494 e. The second-order valence-electron chi connectivity index (χ2n) is 4.39. The van der Waals surface area contributed by atoms with Crippen LogP contribution in [0.2, 0.25) is 0 Å². The average molecular weight is 221 g/mol. The zero-order valence-corrected chi connectivity index (χ0v) is 9.43. The molecule has 1 aliphatic rings. The van der Waals surface area contributed by atoms with Crippen LogP contribution in [0.1, 0.15) is 17.3 Å². The minimum absolute atomic E-state index is 0.0535. The molecule has 0 saturated carbocycles. The molecule has 16 heavy (non-hydrogen) atoms. The number of carbonyl (C=O) groups excluding carboxylic acids is 1. The first-order chi connectivity index (χ1) is 7.53. The van der Waals surface area contributed by atoms with Crippen LogP contribution >= 0.6 is 0 Å². The number of rotatable bonds is 2. The maximum absolute atomic E-state index is 12.1. The van der Waals surface area contributed by atoms with E-state index in [1.807, 2.05) is 6.92 Å².